The van der Waals surface area contributed by atoms with Crippen molar-refractivity contribution in [1.29, 1.82) is 0 Å². The number of hydrogen-bond donors (Lipinski definition) is 1. The minimum absolute atomic E-state index is 0.0580. The summed E-state index contributed by atoms with van der Waals surface area (Å²) in [5.41, 5.74) is 0.219. The van der Waals surface area contributed by atoms with Gasteiger partial charge in [0.15, 0.2) is 0 Å². The third-order valence-electron chi connectivity index (χ3n) is 4.87. The highest BCUT2D eigenvalue weighted by molar-refractivity contribution is 6.33. The van der Waals surface area contributed by atoms with E-state index in [9.17, 15) is 14.3 Å². The van der Waals surface area contributed by atoms with Gasteiger partial charge in [-0.1, -0.05) is 17.7 Å². The van der Waals surface area contributed by atoms with Gasteiger partial charge in [-0.3, -0.25) is 9.78 Å². The summed E-state index contributed by atoms with van der Waals surface area (Å²) in [5.74, 6) is -0.190. The van der Waals surface area contributed by atoms with E-state index in [1.54, 1.807) is 12.4 Å². The largest absolute Gasteiger partial charge is 0.488 e. The normalized spacial score (nSPS) is 19.6. The number of amides is 1. The Morgan fingerprint density at radius 2 is 2.07 bits per heavy atom. The number of piperidine rings is 1. The summed E-state index contributed by atoms with van der Waals surface area (Å²) < 4.78 is 19.2. The molecule has 0 spiro atoms. The molecule has 0 unspecified atom stereocenters. The van der Waals surface area contributed by atoms with Crippen LogP contribution in [0.1, 0.15) is 16.8 Å². The topological polar surface area (TPSA) is 62.7 Å². The van der Waals surface area contributed by atoms with Crippen molar-refractivity contribution in [2.45, 2.75) is 18.6 Å². The molecule has 3 aromatic rings. The summed E-state index contributed by atoms with van der Waals surface area (Å²) >= 11 is 5.98. The summed E-state index contributed by atoms with van der Waals surface area (Å²) in [6, 6.07) is 11.2. The molecule has 1 fully saturated rings. The van der Waals surface area contributed by atoms with Crippen molar-refractivity contribution in [1.82, 2.24) is 9.88 Å². The first-order chi connectivity index (χ1) is 13.5. The van der Waals surface area contributed by atoms with Gasteiger partial charge in [0.25, 0.3) is 5.91 Å². The van der Waals surface area contributed by atoms with E-state index in [0.29, 0.717) is 18.7 Å². The molecule has 7 heteroatoms. The lowest BCUT2D eigenvalue weighted by atomic mass is 10.0. The zero-order valence-corrected chi connectivity index (χ0v) is 15.6. The molecule has 2 atom stereocenters. The van der Waals surface area contributed by atoms with Crippen molar-refractivity contribution < 1.29 is 19.0 Å². The molecular weight excluding hydrogens is 383 g/mol. The number of aromatic nitrogens is 1. The molecule has 4 rings (SSSR count). The van der Waals surface area contributed by atoms with E-state index >= 15 is 0 Å². The average molecular weight is 401 g/mol. The van der Waals surface area contributed by atoms with Crippen LogP contribution in [0.4, 0.5) is 4.39 Å². The van der Waals surface area contributed by atoms with Crippen LogP contribution in [-0.2, 0) is 0 Å². The third kappa shape index (κ3) is 3.79. The second-order valence-electron chi connectivity index (χ2n) is 6.77. The summed E-state index contributed by atoms with van der Waals surface area (Å²) in [6.07, 6.45) is 2.68. The summed E-state index contributed by atoms with van der Waals surface area (Å²) in [5, 5.41) is 12.6. The van der Waals surface area contributed by atoms with E-state index in [-0.39, 0.29) is 23.0 Å². The Kier molecular flexibility index (Phi) is 5.15. The maximum Gasteiger partial charge on any atom is 0.255 e. The van der Waals surface area contributed by atoms with Gasteiger partial charge in [-0.2, -0.15) is 0 Å². The molecule has 1 aliphatic rings. The van der Waals surface area contributed by atoms with Crippen molar-refractivity contribution in [3.63, 3.8) is 0 Å². The van der Waals surface area contributed by atoms with Gasteiger partial charge < -0.3 is 14.7 Å². The number of pyridine rings is 1. The number of halogens is 2. The molecule has 2 aromatic carbocycles. The number of fused-ring (bicyclic) bond motifs is 1. The van der Waals surface area contributed by atoms with Gasteiger partial charge in [0.05, 0.1) is 17.1 Å². The molecule has 1 aromatic heterocycles. The Bertz CT molecular complexity index is 1030. The predicted octanol–water partition coefficient (Wildman–Crippen LogP) is 3.68. The van der Waals surface area contributed by atoms with Gasteiger partial charge in [-0.15, -0.1) is 0 Å². The monoisotopic (exact) mass is 400 g/mol. The number of likely N-dealkylation sites (tertiary alicyclic amines) is 1. The SMILES string of the molecule is O=C(c1ccc(F)cc1Cl)N1CC[C@@H](Oc2ccc3ccncc3c2)[C@H](O)C1. The minimum atomic E-state index is -0.846. The van der Waals surface area contributed by atoms with Crippen molar-refractivity contribution in [2.75, 3.05) is 13.1 Å². The Morgan fingerprint density at radius 3 is 2.86 bits per heavy atom. The van der Waals surface area contributed by atoms with Crippen molar-refractivity contribution >= 4 is 28.3 Å². The van der Waals surface area contributed by atoms with Crippen LogP contribution in [0.3, 0.4) is 0 Å². The van der Waals surface area contributed by atoms with Crippen LogP contribution in [0.25, 0.3) is 10.8 Å². The molecule has 144 valence electrons. The van der Waals surface area contributed by atoms with Crippen LogP contribution in [-0.4, -0.2) is 46.2 Å². The highest BCUT2D eigenvalue weighted by Gasteiger charge is 2.32. The number of ether oxygens (including phenoxy) is 1. The number of β-amino-alcohol motifs (C(OH)–C–C–N with tert-alkyl or cyclic N) is 1. The number of rotatable bonds is 3. The number of nitrogens with zero attached hydrogens (tertiary/aromatic N) is 2. The van der Waals surface area contributed by atoms with Gasteiger partial charge in [-0.05, 0) is 41.8 Å². The van der Waals surface area contributed by atoms with Crippen LogP contribution in [0, 0.1) is 5.82 Å². The fraction of sp³-hybridized carbons (Fsp3) is 0.238. The lowest BCUT2D eigenvalue weighted by molar-refractivity contribution is -0.0198. The first-order valence-electron chi connectivity index (χ1n) is 8.94. The van der Waals surface area contributed by atoms with Crippen molar-refractivity contribution in [2.24, 2.45) is 0 Å². The Morgan fingerprint density at radius 1 is 1.21 bits per heavy atom. The van der Waals surface area contributed by atoms with Crippen LogP contribution < -0.4 is 4.74 Å². The number of aliphatic hydroxyl groups excluding tert-OH is 1. The number of carbonyl (C=O) groups is 1. The van der Waals surface area contributed by atoms with Crippen LogP contribution in [0.15, 0.2) is 54.9 Å². The van der Waals surface area contributed by atoms with E-state index in [1.807, 2.05) is 24.3 Å². The fourth-order valence-corrected chi connectivity index (χ4v) is 3.62. The molecule has 1 amide bonds. The zero-order chi connectivity index (χ0) is 19.7. The number of aliphatic hydroxyl groups is 1. The number of carbonyl (C=O) groups excluding carboxylic acids is 1. The van der Waals surface area contributed by atoms with E-state index in [0.717, 1.165) is 16.8 Å². The summed E-state index contributed by atoms with van der Waals surface area (Å²) in [6.45, 7) is 0.524. The Labute approximate surface area is 166 Å². The van der Waals surface area contributed by atoms with E-state index in [2.05, 4.69) is 4.98 Å². The minimum Gasteiger partial charge on any atom is -0.488 e. The molecule has 28 heavy (non-hydrogen) atoms. The quantitative estimate of drug-likeness (QED) is 0.728. The molecule has 0 aliphatic carbocycles. The van der Waals surface area contributed by atoms with Gasteiger partial charge >= 0.3 is 0 Å². The Balaban J connectivity index is 1.43. The van der Waals surface area contributed by atoms with E-state index in [4.69, 9.17) is 16.3 Å². The zero-order valence-electron chi connectivity index (χ0n) is 14.9. The average Bonchev–Trinajstić information content (AvgIpc) is 2.69. The maximum atomic E-state index is 13.2. The lowest BCUT2D eigenvalue weighted by Crippen LogP contribution is -2.51. The highest BCUT2D eigenvalue weighted by Crippen LogP contribution is 2.25. The predicted molar refractivity (Wildman–Crippen MR) is 104 cm³/mol. The molecule has 0 saturated carbocycles. The molecule has 1 aliphatic heterocycles. The van der Waals surface area contributed by atoms with Gasteiger partial charge in [0.1, 0.15) is 23.8 Å². The van der Waals surface area contributed by atoms with Crippen LogP contribution >= 0.6 is 11.6 Å². The smallest absolute Gasteiger partial charge is 0.255 e. The second kappa shape index (κ2) is 7.73. The van der Waals surface area contributed by atoms with Crippen molar-refractivity contribution in [3.8, 4) is 5.75 Å². The molecule has 1 N–H and O–H groups in total. The molecular formula is C21H18ClFN2O3. The first-order valence-corrected chi connectivity index (χ1v) is 9.32. The third-order valence-corrected chi connectivity index (χ3v) is 5.18. The Hall–Kier alpha value is -2.70. The summed E-state index contributed by atoms with van der Waals surface area (Å²) in [4.78, 5) is 18.3. The van der Waals surface area contributed by atoms with Crippen molar-refractivity contribution in [3.05, 3.63) is 71.3 Å². The number of hydrogen-bond acceptors (Lipinski definition) is 4. The van der Waals surface area contributed by atoms with Gasteiger partial charge in [0.2, 0.25) is 0 Å². The fourth-order valence-electron chi connectivity index (χ4n) is 3.38. The molecule has 1 saturated heterocycles. The van der Waals surface area contributed by atoms with E-state index < -0.39 is 18.0 Å². The van der Waals surface area contributed by atoms with E-state index in [1.165, 1.54) is 17.0 Å². The lowest BCUT2D eigenvalue weighted by Gasteiger charge is -2.36. The molecule has 2 heterocycles. The highest BCUT2D eigenvalue weighted by atomic mass is 35.5. The van der Waals surface area contributed by atoms with Gasteiger partial charge in [-0.25, -0.2) is 4.39 Å². The molecule has 0 radical (unpaired) electrons. The van der Waals surface area contributed by atoms with Crippen LogP contribution in [0.5, 0.6) is 5.75 Å². The first kappa shape index (κ1) is 18.7. The maximum absolute atomic E-state index is 13.2. The number of benzene rings is 2. The standard InChI is InChI=1S/C21H18ClFN2O3/c22-18-10-15(23)2-4-17(18)21(27)25-8-6-20(19(26)12-25)28-16-3-1-13-5-7-24-11-14(13)9-16/h1-5,7,9-11,19-20,26H,6,8,12H2/t19-,20-/m1/s1. The van der Waals surface area contributed by atoms with Crippen LogP contribution in [0.2, 0.25) is 5.02 Å². The van der Waals surface area contributed by atoms with Gasteiger partial charge in [0, 0.05) is 30.7 Å². The molecule has 5 nitrogen and oxygen atoms in total. The summed E-state index contributed by atoms with van der Waals surface area (Å²) in [7, 11) is 0. The molecule has 0 bridgehead atoms. The second-order valence-corrected chi connectivity index (χ2v) is 7.18.